The van der Waals surface area contributed by atoms with Gasteiger partial charge in [-0.25, -0.2) is 4.79 Å². The molecule has 16 heavy (non-hydrogen) atoms. The minimum atomic E-state index is -0.934. The molecule has 0 saturated heterocycles. The smallest absolute Gasteiger partial charge is 0.318 e. The molecule has 1 rings (SSSR count). The van der Waals surface area contributed by atoms with Gasteiger partial charge < -0.3 is 10.5 Å². The van der Waals surface area contributed by atoms with Crippen molar-refractivity contribution in [2.45, 2.75) is 0 Å². The van der Waals surface area contributed by atoms with E-state index < -0.39 is 11.9 Å². The first-order chi connectivity index (χ1) is 7.49. The summed E-state index contributed by atoms with van der Waals surface area (Å²) in [6, 6.07) is 3.62. The predicted octanol–water partition coefficient (Wildman–Crippen LogP) is 1.57. The van der Waals surface area contributed by atoms with Gasteiger partial charge >= 0.3 is 6.03 Å². The van der Waals surface area contributed by atoms with Gasteiger partial charge in [0.2, 0.25) is 0 Å². The zero-order valence-corrected chi connectivity index (χ0v) is 9.51. The number of carbonyl (C=O) groups excluding carboxylic acids is 2. The van der Waals surface area contributed by atoms with Crippen molar-refractivity contribution in [3.63, 3.8) is 0 Å². The molecule has 0 aliphatic carbocycles. The van der Waals surface area contributed by atoms with Crippen LogP contribution in [0.2, 0.25) is 10.0 Å². The molecule has 5 nitrogen and oxygen atoms in total. The van der Waals surface area contributed by atoms with Crippen molar-refractivity contribution in [3.8, 4) is 5.75 Å². The van der Waals surface area contributed by atoms with Crippen LogP contribution in [0.5, 0.6) is 5.75 Å². The van der Waals surface area contributed by atoms with Crippen molar-refractivity contribution in [2.75, 3.05) is 6.61 Å². The van der Waals surface area contributed by atoms with Crippen LogP contribution >= 0.6 is 23.2 Å². The Hall–Kier alpha value is -1.46. The number of nitrogens with two attached hydrogens (primary N) is 1. The molecule has 0 bridgehead atoms. The maximum absolute atomic E-state index is 11.0. The van der Waals surface area contributed by atoms with Gasteiger partial charge in [-0.2, -0.15) is 0 Å². The average Bonchev–Trinajstić information content (AvgIpc) is 2.15. The quantitative estimate of drug-likeness (QED) is 0.868. The first kappa shape index (κ1) is 12.6. The van der Waals surface area contributed by atoms with Gasteiger partial charge in [0.15, 0.2) is 6.61 Å². The molecular weight excluding hydrogens is 255 g/mol. The summed E-state index contributed by atoms with van der Waals surface area (Å²) in [7, 11) is 0. The van der Waals surface area contributed by atoms with Crippen LogP contribution in [0.3, 0.4) is 0 Å². The van der Waals surface area contributed by atoms with E-state index >= 15 is 0 Å². The Morgan fingerprint density at radius 1 is 1.38 bits per heavy atom. The number of ether oxygens (including phenoxy) is 1. The lowest BCUT2D eigenvalue weighted by Gasteiger charge is -2.07. The molecule has 0 radical (unpaired) electrons. The summed E-state index contributed by atoms with van der Waals surface area (Å²) >= 11 is 11.5. The molecule has 0 aliphatic heterocycles. The van der Waals surface area contributed by atoms with Crippen LogP contribution in [0.1, 0.15) is 0 Å². The van der Waals surface area contributed by atoms with Crippen molar-refractivity contribution >= 4 is 35.1 Å². The van der Waals surface area contributed by atoms with Crippen LogP contribution < -0.4 is 15.8 Å². The summed E-state index contributed by atoms with van der Waals surface area (Å²) in [5.41, 5.74) is 4.74. The van der Waals surface area contributed by atoms with Crippen molar-refractivity contribution in [2.24, 2.45) is 5.73 Å². The zero-order chi connectivity index (χ0) is 12.1. The molecule has 3 amide bonds. The molecule has 0 unspecified atom stereocenters. The Kier molecular flexibility index (Phi) is 4.39. The van der Waals surface area contributed by atoms with Gasteiger partial charge in [0.05, 0.1) is 5.02 Å². The van der Waals surface area contributed by atoms with Gasteiger partial charge in [-0.05, 0) is 18.2 Å². The second kappa shape index (κ2) is 5.58. The third-order valence-electron chi connectivity index (χ3n) is 1.52. The van der Waals surface area contributed by atoms with Crippen molar-refractivity contribution in [1.29, 1.82) is 0 Å². The van der Waals surface area contributed by atoms with E-state index in [2.05, 4.69) is 0 Å². The van der Waals surface area contributed by atoms with Crippen LogP contribution in [0.15, 0.2) is 18.2 Å². The number of hydrogen-bond acceptors (Lipinski definition) is 3. The number of benzene rings is 1. The fourth-order valence-corrected chi connectivity index (χ4v) is 1.37. The monoisotopic (exact) mass is 262 g/mol. The van der Waals surface area contributed by atoms with E-state index in [4.69, 9.17) is 33.7 Å². The van der Waals surface area contributed by atoms with E-state index in [9.17, 15) is 9.59 Å². The van der Waals surface area contributed by atoms with Gasteiger partial charge in [-0.15, -0.1) is 0 Å². The number of primary amides is 1. The fraction of sp³-hybridized carbons (Fsp3) is 0.111. The highest BCUT2D eigenvalue weighted by atomic mass is 35.5. The molecule has 7 heteroatoms. The van der Waals surface area contributed by atoms with Crippen LogP contribution in [0.25, 0.3) is 0 Å². The minimum Gasteiger partial charge on any atom is -0.482 e. The molecule has 86 valence electrons. The number of imide groups is 1. The summed E-state index contributed by atoms with van der Waals surface area (Å²) in [6.07, 6.45) is 0. The lowest BCUT2D eigenvalue weighted by atomic mass is 10.3. The summed E-state index contributed by atoms with van der Waals surface area (Å²) in [6.45, 7) is -0.357. The summed E-state index contributed by atoms with van der Waals surface area (Å²) in [4.78, 5) is 21.3. The number of nitrogens with one attached hydrogen (secondary N) is 1. The maximum Gasteiger partial charge on any atom is 0.318 e. The summed E-state index contributed by atoms with van der Waals surface area (Å²) in [5.74, 6) is -0.357. The van der Waals surface area contributed by atoms with Crippen molar-refractivity contribution in [1.82, 2.24) is 5.32 Å². The van der Waals surface area contributed by atoms with Crippen LogP contribution in [-0.2, 0) is 4.79 Å². The molecule has 0 heterocycles. The number of urea groups is 1. The predicted molar refractivity (Wildman–Crippen MR) is 59.7 cm³/mol. The molecular formula is C9H8Cl2N2O3. The maximum atomic E-state index is 11.0. The number of carbonyl (C=O) groups is 2. The van der Waals surface area contributed by atoms with E-state index in [1.807, 2.05) is 5.32 Å². The van der Waals surface area contributed by atoms with E-state index in [1.54, 1.807) is 6.07 Å². The molecule has 0 spiro atoms. The van der Waals surface area contributed by atoms with E-state index in [0.29, 0.717) is 10.8 Å². The Balaban J connectivity index is 2.54. The number of rotatable bonds is 3. The Morgan fingerprint density at radius 3 is 2.62 bits per heavy atom. The standard InChI is InChI=1S/C9H8Cl2N2O3/c10-5-1-2-7(6(11)3-5)16-4-8(14)13-9(12)15/h1-3H,4H2,(H3,12,13,14,15). The van der Waals surface area contributed by atoms with Crippen LogP contribution in [0.4, 0.5) is 4.79 Å². The number of amides is 3. The highest BCUT2D eigenvalue weighted by molar-refractivity contribution is 6.35. The Labute approximate surface area is 101 Å². The first-order valence-corrected chi connectivity index (χ1v) is 4.92. The lowest BCUT2D eigenvalue weighted by molar-refractivity contribution is -0.121. The fourth-order valence-electron chi connectivity index (χ4n) is 0.909. The van der Waals surface area contributed by atoms with Crippen molar-refractivity contribution in [3.05, 3.63) is 28.2 Å². The normalized spacial score (nSPS) is 9.62. The van der Waals surface area contributed by atoms with Gasteiger partial charge in [0, 0.05) is 5.02 Å². The molecule has 0 fully saturated rings. The summed E-state index contributed by atoms with van der Waals surface area (Å²) < 4.78 is 5.04. The number of halogens is 2. The topological polar surface area (TPSA) is 81.4 Å². The molecule has 0 aromatic heterocycles. The molecule has 3 N–H and O–H groups in total. The van der Waals surface area contributed by atoms with Crippen LogP contribution in [-0.4, -0.2) is 18.5 Å². The van der Waals surface area contributed by atoms with Gasteiger partial charge in [-0.1, -0.05) is 23.2 Å². The molecule has 0 atom stereocenters. The second-order valence-corrected chi connectivity index (χ2v) is 3.62. The van der Waals surface area contributed by atoms with Gasteiger partial charge in [0.25, 0.3) is 5.91 Å². The molecule has 0 saturated carbocycles. The van der Waals surface area contributed by atoms with Crippen molar-refractivity contribution < 1.29 is 14.3 Å². The minimum absolute atomic E-state index is 0.277. The highest BCUT2D eigenvalue weighted by Crippen LogP contribution is 2.27. The van der Waals surface area contributed by atoms with E-state index in [1.165, 1.54) is 12.1 Å². The highest BCUT2D eigenvalue weighted by Gasteiger charge is 2.07. The lowest BCUT2D eigenvalue weighted by Crippen LogP contribution is -2.38. The Bertz CT molecular complexity index is 423. The van der Waals surface area contributed by atoms with Crippen LogP contribution in [0, 0.1) is 0 Å². The Morgan fingerprint density at radius 2 is 2.06 bits per heavy atom. The third kappa shape index (κ3) is 3.96. The van der Waals surface area contributed by atoms with Gasteiger partial charge in [-0.3, -0.25) is 10.1 Å². The van der Waals surface area contributed by atoms with E-state index in [0.717, 1.165) is 0 Å². The SMILES string of the molecule is NC(=O)NC(=O)COc1ccc(Cl)cc1Cl. The third-order valence-corrected chi connectivity index (χ3v) is 2.05. The summed E-state index contributed by atoms with van der Waals surface area (Å²) in [5, 5.41) is 2.58. The largest absolute Gasteiger partial charge is 0.482 e. The zero-order valence-electron chi connectivity index (χ0n) is 8.00. The molecule has 0 aliphatic rings. The average molecular weight is 263 g/mol. The first-order valence-electron chi connectivity index (χ1n) is 4.16. The number of hydrogen-bond donors (Lipinski definition) is 2. The molecule has 1 aromatic carbocycles. The van der Waals surface area contributed by atoms with Gasteiger partial charge in [0.1, 0.15) is 5.75 Å². The second-order valence-electron chi connectivity index (χ2n) is 2.78. The van der Waals surface area contributed by atoms with E-state index in [-0.39, 0.29) is 11.6 Å². The molecule has 1 aromatic rings.